The Morgan fingerprint density at radius 3 is 2.81 bits per heavy atom. The van der Waals surface area contributed by atoms with Gasteiger partial charge in [0.1, 0.15) is 11.4 Å². The number of carbonyl (C=O) groups excluding carboxylic acids is 1. The molecule has 0 bridgehead atoms. The van der Waals surface area contributed by atoms with E-state index in [0.29, 0.717) is 22.0 Å². The van der Waals surface area contributed by atoms with Crippen LogP contribution in [0.2, 0.25) is 0 Å². The van der Waals surface area contributed by atoms with Crippen LogP contribution in [0, 0.1) is 6.92 Å². The highest BCUT2D eigenvalue weighted by atomic mass is 32.1. The zero-order valence-corrected chi connectivity index (χ0v) is 14.8. The number of aryl methyl sites for hydroxylation is 1. The molecule has 136 valence electrons. The second-order valence-electron chi connectivity index (χ2n) is 5.55. The molecule has 26 heavy (non-hydrogen) atoms. The van der Waals surface area contributed by atoms with Gasteiger partial charge in [0.05, 0.1) is 12.3 Å². The van der Waals surface area contributed by atoms with Crippen molar-refractivity contribution >= 4 is 17.2 Å². The Morgan fingerprint density at radius 2 is 2.12 bits per heavy atom. The van der Waals surface area contributed by atoms with Gasteiger partial charge < -0.3 is 14.5 Å². The first-order valence-electron chi connectivity index (χ1n) is 7.81. The minimum absolute atomic E-state index is 0.0449. The first-order valence-corrected chi connectivity index (χ1v) is 8.62. The smallest absolute Gasteiger partial charge is 0.387 e. The van der Waals surface area contributed by atoms with Gasteiger partial charge in [-0.15, -0.1) is 11.3 Å². The maximum atomic E-state index is 12.5. The molecule has 1 N–H and O–H groups in total. The number of carbonyl (C=O) groups is 1. The van der Waals surface area contributed by atoms with Crippen molar-refractivity contribution in [2.24, 2.45) is 0 Å². The fraction of sp³-hybridized carbons (Fsp3) is 0.222. The summed E-state index contributed by atoms with van der Waals surface area (Å²) >= 11 is 1.36. The van der Waals surface area contributed by atoms with Crippen molar-refractivity contribution in [2.75, 3.05) is 0 Å². The van der Waals surface area contributed by atoms with E-state index in [1.165, 1.54) is 23.5 Å². The van der Waals surface area contributed by atoms with Crippen LogP contribution in [0.5, 0.6) is 5.75 Å². The summed E-state index contributed by atoms with van der Waals surface area (Å²) in [5.74, 6) is 0.301. The Morgan fingerprint density at radius 1 is 1.31 bits per heavy atom. The number of benzene rings is 1. The largest absolute Gasteiger partial charge is 0.462 e. The number of alkyl halides is 2. The van der Waals surface area contributed by atoms with Crippen LogP contribution in [-0.2, 0) is 0 Å². The molecule has 1 aromatic carbocycles. The van der Waals surface area contributed by atoms with Gasteiger partial charge in [-0.1, -0.05) is 12.1 Å². The average molecular weight is 378 g/mol. The number of furan rings is 1. The van der Waals surface area contributed by atoms with Gasteiger partial charge in [-0.2, -0.15) is 8.78 Å². The molecule has 0 spiro atoms. The Labute approximate surface area is 152 Å². The normalized spacial score (nSPS) is 12.2. The average Bonchev–Trinajstić information content (AvgIpc) is 3.23. The number of halogens is 2. The van der Waals surface area contributed by atoms with Crippen LogP contribution in [0.25, 0.3) is 10.8 Å². The molecule has 0 fully saturated rings. The summed E-state index contributed by atoms with van der Waals surface area (Å²) in [5, 5.41) is 3.45. The molecular formula is C18H16F2N2O3S. The van der Waals surface area contributed by atoms with E-state index in [1.807, 2.05) is 0 Å². The molecule has 3 aromatic rings. The van der Waals surface area contributed by atoms with Crippen LogP contribution in [-0.4, -0.2) is 17.5 Å². The fourth-order valence-electron chi connectivity index (χ4n) is 2.42. The lowest BCUT2D eigenvalue weighted by Crippen LogP contribution is -2.27. The highest BCUT2D eigenvalue weighted by Crippen LogP contribution is 2.28. The van der Waals surface area contributed by atoms with Crippen molar-refractivity contribution in [3.05, 3.63) is 58.8 Å². The zero-order valence-electron chi connectivity index (χ0n) is 14.0. The molecule has 3 rings (SSSR count). The predicted octanol–water partition coefficient (Wildman–Crippen LogP) is 4.80. The Hall–Kier alpha value is -2.74. The number of nitrogens with one attached hydrogen (secondary N) is 1. The van der Waals surface area contributed by atoms with Gasteiger partial charge >= 0.3 is 6.61 Å². The molecule has 2 heterocycles. The number of hydrogen-bond acceptors (Lipinski definition) is 5. The molecule has 5 nitrogen and oxygen atoms in total. The molecule has 0 radical (unpaired) electrons. The third-order valence-electron chi connectivity index (χ3n) is 3.67. The number of rotatable bonds is 6. The van der Waals surface area contributed by atoms with Crippen molar-refractivity contribution in [1.82, 2.24) is 10.3 Å². The summed E-state index contributed by atoms with van der Waals surface area (Å²) in [6.45, 7) is 0.669. The van der Waals surface area contributed by atoms with Gasteiger partial charge in [-0.05, 0) is 43.7 Å². The number of ether oxygens (including phenoxy) is 1. The van der Waals surface area contributed by atoms with Crippen LogP contribution in [0.4, 0.5) is 8.78 Å². The zero-order chi connectivity index (χ0) is 18.7. The van der Waals surface area contributed by atoms with Crippen molar-refractivity contribution in [3.63, 3.8) is 0 Å². The summed E-state index contributed by atoms with van der Waals surface area (Å²) in [7, 11) is 0. The molecule has 1 amide bonds. The third-order valence-corrected chi connectivity index (χ3v) is 4.66. The molecule has 1 atom stereocenters. The van der Waals surface area contributed by atoms with Crippen molar-refractivity contribution in [1.29, 1.82) is 0 Å². The van der Waals surface area contributed by atoms with E-state index < -0.39 is 12.7 Å². The monoisotopic (exact) mass is 378 g/mol. The van der Waals surface area contributed by atoms with Crippen LogP contribution in [0.3, 0.4) is 0 Å². The van der Waals surface area contributed by atoms with Gasteiger partial charge in [0.2, 0.25) is 0 Å². The number of thiazole rings is 1. The minimum atomic E-state index is -2.90. The summed E-state index contributed by atoms with van der Waals surface area (Å²) in [6, 6.07) is 9.35. The quantitative estimate of drug-likeness (QED) is 0.669. The van der Waals surface area contributed by atoms with Crippen LogP contribution >= 0.6 is 11.3 Å². The van der Waals surface area contributed by atoms with E-state index in [2.05, 4.69) is 15.0 Å². The van der Waals surface area contributed by atoms with E-state index in [9.17, 15) is 13.6 Å². The van der Waals surface area contributed by atoms with Gasteiger partial charge in [0, 0.05) is 4.88 Å². The molecule has 1 unspecified atom stereocenters. The molecule has 0 saturated heterocycles. The summed E-state index contributed by atoms with van der Waals surface area (Å²) in [5.41, 5.74) is 0.962. The number of amides is 1. The van der Waals surface area contributed by atoms with Gasteiger partial charge in [-0.3, -0.25) is 4.79 Å². The Kier molecular flexibility index (Phi) is 5.32. The maximum absolute atomic E-state index is 12.5. The van der Waals surface area contributed by atoms with E-state index in [1.54, 1.807) is 44.4 Å². The molecule has 0 aliphatic carbocycles. The van der Waals surface area contributed by atoms with Crippen molar-refractivity contribution < 1.29 is 22.7 Å². The summed E-state index contributed by atoms with van der Waals surface area (Å²) in [6.07, 6.45) is 1.54. The second kappa shape index (κ2) is 7.65. The van der Waals surface area contributed by atoms with E-state index >= 15 is 0 Å². The highest BCUT2D eigenvalue weighted by Gasteiger charge is 2.20. The first-order chi connectivity index (χ1) is 12.4. The Bertz CT molecular complexity index is 894. The number of aromatic nitrogens is 1. The second-order valence-corrected chi connectivity index (χ2v) is 6.75. The predicted molar refractivity (Wildman–Crippen MR) is 93.5 cm³/mol. The van der Waals surface area contributed by atoms with Crippen LogP contribution in [0.15, 0.2) is 47.1 Å². The summed E-state index contributed by atoms with van der Waals surface area (Å²) in [4.78, 5) is 17.7. The van der Waals surface area contributed by atoms with Crippen LogP contribution in [0.1, 0.15) is 33.9 Å². The highest BCUT2D eigenvalue weighted by molar-refractivity contribution is 7.15. The number of hydrogen-bond donors (Lipinski definition) is 1. The lowest BCUT2D eigenvalue weighted by Gasteiger charge is -2.15. The first kappa shape index (κ1) is 18.1. The van der Waals surface area contributed by atoms with E-state index in [4.69, 9.17) is 4.42 Å². The third kappa shape index (κ3) is 4.08. The minimum Gasteiger partial charge on any atom is -0.462 e. The lowest BCUT2D eigenvalue weighted by molar-refractivity contribution is -0.0499. The van der Waals surface area contributed by atoms with Gasteiger partial charge in [-0.25, -0.2) is 4.98 Å². The van der Waals surface area contributed by atoms with Gasteiger partial charge in [0.25, 0.3) is 5.91 Å². The molecule has 0 saturated carbocycles. The number of nitrogens with zero attached hydrogens (tertiary/aromatic N) is 1. The molecule has 0 aliphatic rings. The topological polar surface area (TPSA) is 64.4 Å². The standard InChI is InChI=1S/C18H16F2N2O3S/c1-10(12-5-3-6-13(9-12)25-18(19)20)21-16(23)15-11(2)26-17(22-15)14-7-4-8-24-14/h3-10,18H,1-2H3,(H,21,23). The van der Waals surface area contributed by atoms with E-state index in [-0.39, 0.29) is 11.7 Å². The summed E-state index contributed by atoms with van der Waals surface area (Å²) < 4.78 is 34.4. The van der Waals surface area contributed by atoms with Crippen molar-refractivity contribution in [2.45, 2.75) is 26.5 Å². The molecular weight excluding hydrogens is 362 g/mol. The fourth-order valence-corrected chi connectivity index (χ4v) is 3.30. The van der Waals surface area contributed by atoms with E-state index in [0.717, 1.165) is 4.88 Å². The Balaban J connectivity index is 1.74. The molecule has 2 aromatic heterocycles. The molecule has 8 heteroatoms. The lowest BCUT2D eigenvalue weighted by atomic mass is 10.1. The van der Waals surface area contributed by atoms with Crippen molar-refractivity contribution in [3.8, 4) is 16.5 Å². The SMILES string of the molecule is Cc1sc(-c2ccco2)nc1C(=O)NC(C)c1cccc(OC(F)F)c1. The van der Waals surface area contributed by atoms with Crippen LogP contribution < -0.4 is 10.1 Å². The maximum Gasteiger partial charge on any atom is 0.387 e. The van der Waals surface area contributed by atoms with Gasteiger partial charge in [0.15, 0.2) is 10.8 Å². The molecule has 0 aliphatic heterocycles.